The van der Waals surface area contributed by atoms with Crippen LogP contribution in [0.15, 0.2) is 40.8 Å². The van der Waals surface area contributed by atoms with Gasteiger partial charge in [-0.05, 0) is 49.2 Å². The minimum absolute atomic E-state index is 0.0281. The minimum atomic E-state index is -0.697. The molecule has 0 atom stereocenters. The van der Waals surface area contributed by atoms with E-state index in [9.17, 15) is 14.4 Å². The maximum Gasteiger partial charge on any atom is 0.341 e. The predicted octanol–water partition coefficient (Wildman–Crippen LogP) is 3.67. The standard InChI is InChI=1S/C21H20N2O6S/c1-11-5-4-6-13(9-11)28-10-14-7-8-15(29-14)19(25)23-20-16(21(26)27-3)12(2)17(30-20)18(22)24/h4-9H,10H2,1-3H3,(H2,22,24)(H,23,25). The molecular formula is C21H20N2O6S. The number of ether oxygens (including phenoxy) is 2. The number of carbonyl (C=O) groups excluding carboxylic acids is 3. The summed E-state index contributed by atoms with van der Waals surface area (Å²) in [6.45, 7) is 3.67. The van der Waals surface area contributed by atoms with Gasteiger partial charge in [0.1, 0.15) is 23.1 Å². The number of aryl methyl sites for hydroxylation is 1. The summed E-state index contributed by atoms with van der Waals surface area (Å²) < 4.78 is 15.9. The van der Waals surface area contributed by atoms with E-state index in [1.807, 2.05) is 31.2 Å². The number of nitrogens with one attached hydrogen (secondary N) is 1. The number of thiophene rings is 1. The third kappa shape index (κ3) is 4.52. The molecule has 3 aromatic rings. The van der Waals surface area contributed by atoms with E-state index in [2.05, 4.69) is 5.32 Å². The van der Waals surface area contributed by atoms with Crippen LogP contribution in [0, 0.1) is 13.8 Å². The molecule has 9 heteroatoms. The summed E-state index contributed by atoms with van der Waals surface area (Å²) in [5, 5.41) is 2.75. The molecule has 0 unspecified atom stereocenters. The van der Waals surface area contributed by atoms with Crippen molar-refractivity contribution in [3.63, 3.8) is 0 Å². The maximum atomic E-state index is 12.6. The number of furan rings is 1. The zero-order valence-electron chi connectivity index (χ0n) is 16.6. The van der Waals surface area contributed by atoms with Crippen molar-refractivity contribution in [2.24, 2.45) is 5.73 Å². The fourth-order valence-corrected chi connectivity index (χ4v) is 3.83. The van der Waals surface area contributed by atoms with Crippen LogP contribution in [0.5, 0.6) is 5.75 Å². The number of carbonyl (C=O) groups is 3. The molecule has 2 amide bonds. The van der Waals surface area contributed by atoms with Crippen LogP contribution < -0.4 is 15.8 Å². The molecule has 0 spiro atoms. The van der Waals surface area contributed by atoms with Gasteiger partial charge in [0, 0.05) is 0 Å². The SMILES string of the molecule is COC(=O)c1c(NC(=O)c2ccc(COc3cccc(C)c3)o2)sc(C(N)=O)c1C. The number of nitrogens with two attached hydrogens (primary N) is 1. The number of benzene rings is 1. The minimum Gasteiger partial charge on any atom is -0.486 e. The molecule has 0 radical (unpaired) electrons. The summed E-state index contributed by atoms with van der Waals surface area (Å²) in [5.74, 6) is -0.794. The lowest BCUT2D eigenvalue weighted by Gasteiger charge is -2.05. The van der Waals surface area contributed by atoms with E-state index in [1.54, 1.807) is 13.0 Å². The van der Waals surface area contributed by atoms with Crippen LogP contribution in [0.2, 0.25) is 0 Å². The highest BCUT2D eigenvalue weighted by atomic mass is 32.1. The lowest BCUT2D eigenvalue weighted by atomic mass is 10.1. The van der Waals surface area contributed by atoms with Crippen LogP contribution in [-0.4, -0.2) is 24.9 Å². The van der Waals surface area contributed by atoms with Crippen LogP contribution in [0.1, 0.15) is 47.5 Å². The predicted molar refractivity (Wildman–Crippen MR) is 111 cm³/mol. The van der Waals surface area contributed by atoms with Gasteiger partial charge in [0.2, 0.25) is 0 Å². The normalized spacial score (nSPS) is 10.5. The molecule has 30 heavy (non-hydrogen) atoms. The smallest absolute Gasteiger partial charge is 0.341 e. The average Bonchev–Trinajstić information content (AvgIpc) is 3.31. The molecule has 1 aromatic carbocycles. The molecule has 8 nitrogen and oxygen atoms in total. The summed E-state index contributed by atoms with van der Waals surface area (Å²) in [6.07, 6.45) is 0. The number of rotatable bonds is 7. The summed E-state index contributed by atoms with van der Waals surface area (Å²) in [4.78, 5) is 36.5. The van der Waals surface area contributed by atoms with Gasteiger partial charge in [0.25, 0.3) is 11.8 Å². The Morgan fingerprint density at radius 3 is 2.60 bits per heavy atom. The molecule has 0 aliphatic carbocycles. The monoisotopic (exact) mass is 428 g/mol. The van der Waals surface area contributed by atoms with Crippen LogP contribution in [0.3, 0.4) is 0 Å². The highest BCUT2D eigenvalue weighted by Crippen LogP contribution is 2.33. The number of esters is 1. The first-order chi connectivity index (χ1) is 14.3. The number of amides is 2. The number of hydrogen-bond acceptors (Lipinski definition) is 7. The van der Waals surface area contributed by atoms with Crippen LogP contribution in [0.25, 0.3) is 0 Å². The first-order valence-corrected chi connectivity index (χ1v) is 9.72. The highest BCUT2D eigenvalue weighted by Gasteiger charge is 2.26. The fraction of sp³-hybridized carbons (Fsp3) is 0.190. The van der Waals surface area contributed by atoms with Gasteiger partial charge >= 0.3 is 5.97 Å². The quantitative estimate of drug-likeness (QED) is 0.554. The van der Waals surface area contributed by atoms with Gasteiger partial charge in [-0.3, -0.25) is 9.59 Å². The second-order valence-electron chi connectivity index (χ2n) is 6.44. The van der Waals surface area contributed by atoms with Crippen molar-refractivity contribution in [2.45, 2.75) is 20.5 Å². The molecule has 0 aliphatic rings. The zero-order chi connectivity index (χ0) is 21.8. The van der Waals surface area contributed by atoms with E-state index in [-0.39, 0.29) is 27.8 Å². The Morgan fingerprint density at radius 2 is 1.93 bits per heavy atom. The lowest BCUT2D eigenvalue weighted by Crippen LogP contribution is -2.14. The third-order valence-corrected chi connectivity index (χ3v) is 5.47. The number of methoxy groups -OCH3 is 1. The van der Waals surface area contributed by atoms with Crippen molar-refractivity contribution < 1.29 is 28.3 Å². The molecule has 2 heterocycles. The number of anilines is 1. The Balaban J connectivity index is 1.75. The van der Waals surface area contributed by atoms with Gasteiger partial charge in [-0.25, -0.2) is 4.79 Å². The molecule has 0 bridgehead atoms. The van der Waals surface area contributed by atoms with Crippen LogP contribution >= 0.6 is 11.3 Å². The first-order valence-electron chi connectivity index (χ1n) is 8.91. The van der Waals surface area contributed by atoms with E-state index in [4.69, 9.17) is 19.6 Å². The lowest BCUT2D eigenvalue weighted by molar-refractivity contribution is 0.0601. The molecule has 156 valence electrons. The van der Waals surface area contributed by atoms with Crippen LogP contribution in [0.4, 0.5) is 5.00 Å². The van der Waals surface area contributed by atoms with Crippen LogP contribution in [-0.2, 0) is 11.3 Å². The number of hydrogen-bond donors (Lipinski definition) is 2. The molecule has 0 aliphatic heterocycles. The Labute approximate surface area is 176 Å². The topological polar surface area (TPSA) is 121 Å². The highest BCUT2D eigenvalue weighted by molar-refractivity contribution is 7.18. The zero-order valence-corrected chi connectivity index (χ0v) is 17.4. The van der Waals surface area contributed by atoms with Gasteiger partial charge in [-0.1, -0.05) is 12.1 Å². The van der Waals surface area contributed by atoms with E-state index in [0.29, 0.717) is 17.1 Å². The molecule has 2 aromatic heterocycles. The first kappa shape index (κ1) is 21.1. The van der Waals surface area contributed by atoms with Crippen molar-refractivity contribution in [3.05, 3.63) is 69.5 Å². The third-order valence-electron chi connectivity index (χ3n) is 4.24. The van der Waals surface area contributed by atoms with Crippen molar-refractivity contribution in [2.75, 3.05) is 12.4 Å². The van der Waals surface area contributed by atoms with Crippen molar-refractivity contribution in [3.8, 4) is 5.75 Å². The second kappa shape index (κ2) is 8.83. The van der Waals surface area contributed by atoms with Gasteiger partial charge in [-0.2, -0.15) is 0 Å². The molecule has 3 N–H and O–H groups in total. The maximum absolute atomic E-state index is 12.6. The molecule has 0 fully saturated rings. The largest absolute Gasteiger partial charge is 0.486 e. The summed E-state index contributed by atoms with van der Waals surface area (Å²) in [5.41, 5.74) is 6.84. The fourth-order valence-electron chi connectivity index (χ4n) is 2.79. The van der Waals surface area contributed by atoms with Gasteiger partial charge < -0.3 is 24.9 Å². The Hall–Kier alpha value is -3.59. The van der Waals surface area contributed by atoms with Crippen molar-refractivity contribution in [1.29, 1.82) is 0 Å². The van der Waals surface area contributed by atoms with Gasteiger partial charge in [-0.15, -0.1) is 11.3 Å². The molecule has 3 rings (SSSR count). The summed E-state index contributed by atoms with van der Waals surface area (Å²) in [6, 6.07) is 10.7. The van der Waals surface area contributed by atoms with Crippen molar-refractivity contribution >= 4 is 34.1 Å². The number of primary amides is 1. The van der Waals surface area contributed by atoms with Crippen molar-refractivity contribution in [1.82, 2.24) is 0 Å². The van der Waals surface area contributed by atoms with Gasteiger partial charge in [0.15, 0.2) is 5.76 Å². The molecule has 0 saturated carbocycles. The summed E-state index contributed by atoms with van der Waals surface area (Å²) >= 11 is 0.903. The Bertz CT molecular complexity index is 1110. The van der Waals surface area contributed by atoms with Gasteiger partial charge in [0.05, 0.1) is 17.6 Å². The summed E-state index contributed by atoms with van der Waals surface area (Å²) in [7, 11) is 1.21. The second-order valence-corrected chi connectivity index (χ2v) is 7.46. The van der Waals surface area contributed by atoms with E-state index < -0.39 is 17.8 Å². The Morgan fingerprint density at radius 1 is 1.17 bits per heavy atom. The van der Waals surface area contributed by atoms with E-state index in [1.165, 1.54) is 13.2 Å². The van der Waals surface area contributed by atoms with E-state index in [0.717, 1.165) is 16.9 Å². The van der Waals surface area contributed by atoms with E-state index >= 15 is 0 Å². The molecule has 0 saturated heterocycles. The average molecular weight is 428 g/mol. The Kier molecular flexibility index (Phi) is 6.22. The molecular weight excluding hydrogens is 408 g/mol.